The largest absolute Gasteiger partial charge is 0.454 e. The number of rotatable bonds is 3. The lowest BCUT2D eigenvalue weighted by molar-refractivity contribution is 0.0942. The minimum absolute atomic E-state index is 0. The van der Waals surface area contributed by atoms with Gasteiger partial charge in [-0.05, 0) is 18.2 Å². The highest BCUT2D eigenvalue weighted by Gasteiger charge is 2.19. The van der Waals surface area contributed by atoms with E-state index in [1.165, 1.54) is 0 Å². The van der Waals surface area contributed by atoms with Crippen molar-refractivity contribution in [2.75, 3.05) is 26.4 Å². The van der Waals surface area contributed by atoms with Gasteiger partial charge >= 0.3 is 0 Å². The third kappa shape index (κ3) is 2.52. The van der Waals surface area contributed by atoms with Gasteiger partial charge in [0.25, 0.3) is 5.91 Å². The van der Waals surface area contributed by atoms with Gasteiger partial charge in [0.2, 0.25) is 6.79 Å². The maximum atomic E-state index is 11.9. The van der Waals surface area contributed by atoms with Crippen LogP contribution in [0.4, 0.5) is 0 Å². The highest BCUT2D eigenvalue weighted by atomic mass is 35.5. The zero-order valence-electron chi connectivity index (χ0n) is 9.77. The summed E-state index contributed by atoms with van der Waals surface area (Å²) >= 11 is 0. The number of fused-ring (bicyclic) bond motifs is 1. The number of ether oxygens (including phenoxy) is 2. The first kappa shape index (κ1) is 13.0. The normalized spacial score (nSPS) is 16.7. The van der Waals surface area contributed by atoms with Crippen LogP contribution >= 0.6 is 12.4 Å². The average Bonchev–Trinajstić information content (AvgIpc) is 2.73. The lowest BCUT2D eigenvalue weighted by Crippen LogP contribution is -2.48. The highest BCUT2D eigenvalue weighted by Crippen LogP contribution is 2.32. The molecule has 2 N–H and O–H groups in total. The number of hydrogen-bond donors (Lipinski definition) is 2. The number of carbonyl (C=O) groups is 1. The molecule has 2 aliphatic rings. The van der Waals surface area contributed by atoms with Gasteiger partial charge in [-0.25, -0.2) is 0 Å². The van der Waals surface area contributed by atoms with Crippen LogP contribution in [0.3, 0.4) is 0 Å². The number of benzene rings is 1. The number of nitrogens with one attached hydrogen (secondary N) is 2. The molecule has 3 rings (SSSR count). The van der Waals surface area contributed by atoms with E-state index in [2.05, 4.69) is 10.6 Å². The zero-order chi connectivity index (χ0) is 11.7. The first-order valence-corrected chi connectivity index (χ1v) is 5.71. The Labute approximate surface area is 111 Å². The van der Waals surface area contributed by atoms with Crippen LogP contribution in [0.15, 0.2) is 18.2 Å². The van der Waals surface area contributed by atoms with E-state index < -0.39 is 0 Å². The molecule has 1 fully saturated rings. The van der Waals surface area contributed by atoms with E-state index in [9.17, 15) is 4.79 Å². The predicted octanol–water partition coefficient (Wildman–Crippen LogP) is 0.786. The molecular weight excluding hydrogens is 256 g/mol. The van der Waals surface area contributed by atoms with Gasteiger partial charge in [-0.15, -0.1) is 12.4 Å². The van der Waals surface area contributed by atoms with E-state index in [1.807, 2.05) is 0 Å². The summed E-state index contributed by atoms with van der Waals surface area (Å²) in [4.78, 5) is 11.9. The zero-order valence-corrected chi connectivity index (χ0v) is 10.6. The molecule has 0 aromatic heterocycles. The van der Waals surface area contributed by atoms with E-state index >= 15 is 0 Å². The van der Waals surface area contributed by atoms with Gasteiger partial charge in [0, 0.05) is 31.1 Å². The minimum Gasteiger partial charge on any atom is -0.454 e. The fraction of sp³-hybridized carbons (Fsp3) is 0.417. The summed E-state index contributed by atoms with van der Waals surface area (Å²) < 4.78 is 10.4. The van der Waals surface area contributed by atoms with E-state index in [1.54, 1.807) is 18.2 Å². The molecule has 18 heavy (non-hydrogen) atoms. The summed E-state index contributed by atoms with van der Waals surface area (Å²) in [7, 11) is 0. The quantitative estimate of drug-likeness (QED) is 0.852. The Morgan fingerprint density at radius 3 is 2.83 bits per heavy atom. The van der Waals surface area contributed by atoms with Crippen LogP contribution < -0.4 is 20.1 Å². The smallest absolute Gasteiger partial charge is 0.251 e. The molecule has 0 atom stereocenters. The summed E-state index contributed by atoms with van der Waals surface area (Å²) in [6.07, 6.45) is 0. The van der Waals surface area contributed by atoms with Crippen LogP contribution in [-0.4, -0.2) is 32.3 Å². The molecule has 0 saturated carbocycles. The van der Waals surface area contributed by atoms with Crippen molar-refractivity contribution in [1.29, 1.82) is 0 Å². The fourth-order valence-corrected chi connectivity index (χ4v) is 1.87. The molecule has 2 heterocycles. The molecule has 6 heteroatoms. The minimum atomic E-state index is -0.0600. The average molecular weight is 271 g/mol. The molecule has 0 aliphatic carbocycles. The van der Waals surface area contributed by atoms with Crippen molar-refractivity contribution < 1.29 is 14.3 Å². The molecule has 0 unspecified atom stereocenters. The van der Waals surface area contributed by atoms with Gasteiger partial charge in [-0.3, -0.25) is 4.79 Å². The molecule has 1 aromatic rings. The number of halogens is 1. The van der Waals surface area contributed by atoms with Crippen molar-refractivity contribution in [2.24, 2.45) is 5.92 Å². The second kappa shape index (κ2) is 5.46. The molecule has 1 saturated heterocycles. The van der Waals surface area contributed by atoms with Crippen LogP contribution in [0.5, 0.6) is 11.5 Å². The maximum Gasteiger partial charge on any atom is 0.251 e. The highest BCUT2D eigenvalue weighted by molar-refractivity contribution is 5.94. The maximum absolute atomic E-state index is 11.9. The van der Waals surface area contributed by atoms with Crippen LogP contribution in [0, 0.1) is 5.92 Å². The van der Waals surface area contributed by atoms with E-state index in [-0.39, 0.29) is 25.1 Å². The molecule has 0 radical (unpaired) electrons. The SMILES string of the molecule is Cl.O=C(NCC1CNC1)c1ccc2c(c1)OCO2. The lowest BCUT2D eigenvalue weighted by Gasteiger charge is -2.27. The topological polar surface area (TPSA) is 59.6 Å². The van der Waals surface area contributed by atoms with Crippen LogP contribution in [0.1, 0.15) is 10.4 Å². The fourth-order valence-electron chi connectivity index (χ4n) is 1.87. The standard InChI is InChI=1S/C12H14N2O3.ClH/c15-12(14-6-8-4-13-5-8)9-1-2-10-11(3-9)17-7-16-10;/h1-3,8,13H,4-7H2,(H,14,15);1H. The monoisotopic (exact) mass is 270 g/mol. The Morgan fingerprint density at radius 1 is 1.33 bits per heavy atom. The first-order chi connectivity index (χ1) is 8.33. The summed E-state index contributed by atoms with van der Waals surface area (Å²) in [5.41, 5.74) is 0.613. The van der Waals surface area contributed by atoms with Crippen molar-refractivity contribution in [3.63, 3.8) is 0 Å². The summed E-state index contributed by atoms with van der Waals surface area (Å²) in [5, 5.41) is 6.09. The van der Waals surface area contributed by atoms with Crippen molar-refractivity contribution in [2.45, 2.75) is 0 Å². The molecule has 98 valence electrons. The Kier molecular flexibility index (Phi) is 3.93. The first-order valence-electron chi connectivity index (χ1n) is 5.71. The summed E-state index contributed by atoms with van der Waals surface area (Å²) in [6.45, 7) is 2.93. The van der Waals surface area contributed by atoms with E-state index in [0.717, 1.165) is 19.6 Å². The van der Waals surface area contributed by atoms with Crippen molar-refractivity contribution >= 4 is 18.3 Å². The van der Waals surface area contributed by atoms with Gasteiger partial charge in [0.15, 0.2) is 11.5 Å². The summed E-state index contributed by atoms with van der Waals surface area (Å²) in [6, 6.07) is 5.24. The Hall–Kier alpha value is -1.46. The number of hydrogen-bond acceptors (Lipinski definition) is 4. The molecule has 1 aromatic carbocycles. The molecule has 2 aliphatic heterocycles. The Bertz CT molecular complexity index is 449. The van der Waals surface area contributed by atoms with Gasteiger partial charge < -0.3 is 20.1 Å². The molecule has 5 nitrogen and oxygen atoms in total. The van der Waals surface area contributed by atoms with Gasteiger partial charge in [-0.1, -0.05) is 0 Å². The second-order valence-corrected chi connectivity index (χ2v) is 4.30. The molecule has 1 amide bonds. The van der Waals surface area contributed by atoms with Crippen LogP contribution in [-0.2, 0) is 0 Å². The number of amides is 1. The lowest BCUT2D eigenvalue weighted by atomic mass is 10.0. The molecule has 0 spiro atoms. The molecular formula is C12H15ClN2O3. The van der Waals surface area contributed by atoms with Gasteiger partial charge in [-0.2, -0.15) is 0 Å². The molecule has 0 bridgehead atoms. The van der Waals surface area contributed by atoms with Gasteiger partial charge in [0.1, 0.15) is 0 Å². The van der Waals surface area contributed by atoms with Crippen LogP contribution in [0.25, 0.3) is 0 Å². The van der Waals surface area contributed by atoms with Crippen molar-refractivity contribution in [1.82, 2.24) is 10.6 Å². The third-order valence-electron chi connectivity index (χ3n) is 3.05. The third-order valence-corrected chi connectivity index (χ3v) is 3.05. The predicted molar refractivity (Wildman–Crippen MR) is 68.5 cm³/mol. The Morgan fingerprint density at radius 2 is 2.11 bits per heavy atom. The summed E-state index contributed by atoms with van der Waals surface area (Å²) in [5.74, 6) is 1.84. The van der Waals surface area contributed by atoms with Crippen LogP contribution in [0.2, 0.25) is 0 Å². The van der Waals surface area contributed by atoms with Gasteiger partial charge in [0.05, 0.1) is 0 Å². The van der Waals surface area contributed by atoms with Crippen molar-refractivity contribution in [3.05, 3.63) is 23.8 Å². The van der Waals surface area contributed by atoms with E-state index in [4.69, 9.17) is 9.47 Å². The number of carbonyl (C=O) groups excluding carboxylic acids is 1. The van der Waals surface area contributed by atoms with Crippen molar-refractivity contribution in [3.8, 4) is 11.5 Å². The second-order valence-electron chi connectivity index (χ2n) is 4.30. The van der Waals surface area contributed by atoms with E-state index in [0.29, 0.717) is 23.0 Å². The Balaban J connectivity index is 0.00000120.